The number of nitrogens with one attached hydrogen (secondary N) is 1. The van der Waals surface area contributed by atoms with Gasteiger partial charge in [-0.05, 0) is 42.5 Å². The van der Waals surface area contributed by atoms with E-state index < -0.39 is 5.82 Å². The third kappa shape index (κ3) is 2.67. The number of carbonyl (C=O) groups excluding carboxylic acids is 1. The molecule has 158 valence electrons. The van der Waals surface area contributed by atoms with Crippen molar-refractivity contribution < 1.29 is 9.18 Å². The van der Waals surface area contributed by atoms with Crippen molar-refractivity contribution in [2.75, 3.05) is 11.9 Å². The molecule has 2 aromatic heterocycles. The van der Waals surface area contributed by atoms with Crippen LogP contribution in [-0.2, 0) is 19.0 Å². The number of hydrogen-bond acceptors (Lipinski definition) is 3. The van der Waals surface area contributed by atoms with E-state index in [9.17, 15) is 9.18 Å². The zero-order valence-corrected chi connectivity index (χ0v) is 18.0. The third-order valence-electron chi connectivity index (χ3n) is 6.95. The van der Waals surface area contributed by atoms with Gasteiger partial charge in [0.15, 0.2) is 5.82 Å². The van der Waals surface area contributed by atoms with E-state index in [2.05, 4.69) is 41.9 Å². The Morgan fingerprint density at radius 2 is 2.03 bits per heavy atom. The molecule has 1 saturated carbocycles. The first-order valence-corrected chi connectivity index (χ1v) is 10.9. The Kier molecular flexibility index (Phi) is 3.71. The Morgan fingerprint density at radius 1 is 1.23 bits per heavy atom. The van der Waals surface area contributed by atoms with Gasteiger partial charge in [-0.2, -0.15) is 0 Å². The van der Waals surface area contributed by atoms with E-state index in [4.69, 9.17) is 4.98 Å². The van der Waals surface area contributed by atoms with Gasteiger partial charge in [0, 0.05) is 36.5 Å². The number of rotatable bonds is 4. The number of benzene rings is 2. The highest BCUT2D eigenvalue weighted by Gasteiger charge is 2.33. The van der Waals surface area contributed by atoms with Crippen molar-refractivity contribution in [2.45, 2.75) is 38.6 Å². The highest BCUT2D eigenvalue weighted by Crippen LogP contribution is 2.44. The zero-order chi connectivity index (χ0) is 21.5. The van der Waals surface area contributed by atoms with Crippen LogP contribution >= 0.6 is 0 Å². The summed E-state index contributed by atoms with van der Waals surface area (Å²) in [7, 11) is 1.85. The fourth-order valence-electron chi connectivity index (χ4n) is 5.06. The van der Waals surface area contributed by atoms with Gasteiger partial charge in [0.1, 0.15) is 17.6 Å². The molecule has 6 rings (SSSR count). The molecule has 0 bridgehead atoms. The van der Waals surface area contributed by atoms with Crippen molar-refractivity contribution in [1.82, 2.24) is 14.1 Å². The highest BCUT2D eigenvalue weighted by atomic mass is 19.1. The SMILES string of the molecule is Cn1c(-c2cc3ccc4c(c3n2CC2CC2)NCC4(C)C)nc2cc(C=O)cc(F)c21. The average Bonchev–Trinajstić information content (AvgIpc) is 3.28. The summed E-state index contributed by atoms with van der Waals surface area (Å²) in [6.45, 7) is 6.39. The summed E-state index contributed by atoms with van der Waals surface area (Å²) in [6.07, 6.45) is 3.15. The minimum atomic E-state index is -0.421. The van der Waals surface area contributed by atoms with E-state index in [-0.39, 0.29) is 5.41 Å². The lowest BCUT2D eigenvalue weighted by Crippen LogP contribution is -2.18. The van der Waals surface area contributed by atoms with E-state index in [1.54, 1.807) is 6.07 Å². The van der Waals surface area contributed by atoms with Gasteiger partial charge in [-0.3, -0.25) is 4.79 Å². The van der Waals surface area contributed by atoms with Gasteiger partial charge in [0.05, 0.1) is 22.4 Å². The second kappa shape index (κ2) is 6.19. The topological polar surface area (TPSA) is 51.9 Å². The molecular formula is C25H25FN4O. The van der Waals surface area contributed by atoms with E-state index in [1.807, 2.05) is 11.6 Å². The number of hydrogen-bond donors (Lipinski definition) is 1. The molecule has 31 heavy (non-hydrogen) atoms. The smallest absolute Gasteiger partial charge is 0.157 e. The van der Waals surface area contributed by atoms with E-state index >= 15 is 0 Å². The predicted molar refractivity (Wildman–Crippen MR) is 121 cm³/mol. The van der Waals surface area contributed by atoms with Crippen LogP contribution in [0.3, 0.4) is 0 Å². The van der Waals surface area contributed by atoms with Gasteiger partial charge >= 0.3 is 0 Å². The van der Waals surface area contributed by atoms with Crippen molar-refractivity contribution in [3.05, 3.63) is 47.3 Å². The van der Waals surface area contributed by atoms with Gasteiger partial charge in [0.25, 0.3) is 0 Å². The van der Waals surface area contributed by atoms with E-state index in [1.165, 1.54) is 41.1 Å². The van der Waals surface area contributed by atoms with Crippen molar-refractivity contribution in [3.63, 3.8) is 0 Å². The summed E-state index contributed by atoms with van der Waals surface area (Å²) < 4.78 is 19.0. The molecule has 0 unspecified atom stereocenters. The van der Waals surface area contributed by atoms with Gasteiger partial charge < -0.3 is 14.5 Å². The average molecular weight is 417 g/mol. The molecule has 1 fully saturated rings. The summed E-state index contributed by atoms with van der Waals surface area (Å²) in [6, 6.07) is 9.53. The minimum absolute atomic E-state index is 0.0879. The standard InChI is InChI=1S/C25H25FN4O/c1-25(2)13-27-21-17(25)7-6-16-10-20(30(22(16)21)11-14-4-5-14)24-28-19-9-15(12-31)8-18(26)23(19)29(24)3/h6-10,12,14,27H,4-5,11,13H2,1-3H3. The number of aldehydes is 1. The first-order valence-electron chi connectivity index (χ1n) is 10.9. The molecule has 0 spiro atoms. The molecule has 0 saturated heterocycles. The molecule has 0 atom stereocenters. The van der Waals surface area contributed by atoms with Crippen LogP contribution in [0.25, 0.3) is 33.5 Å². The van der Waals surface area contributed by atoms with Crippen molar-refractivity contribution in [1.29, 1.82) is 0 Å². The molecular weight excluding hydrogens is 391 g/mol. The van der Waals surface area contributed by atoms with Crippen molar-refractivity contribution in [3.8, 4) is 11.5 Å². The maximum Gasteiger partial charge on any atom is 0.157 e. The van der Waals surface area contributed by atoms with Crippen molar-refractivity contribution in [2.24, 2.45) is 13.0 Å². The van der Waals surface area contributed by atoms with Crippen LogP contribution in [0.2, 0.25) is 0 Å². The van der Waals surface area contributed by atoms with Crippen LogP contribution in [0.15, 0.2) is 30.3 Å². The molecule has 1 aliphatic carbocycles. The van der Waals surface area contributed by atoms with Gasteiger partial charge in [-0.25, -0.2) is 9.37 Å². The van der Waals surface area contributed by atoms with Crippen LogP contribution in [0.5, 0.6) is 0 Å². The first-order chi connectivity index (χ1) is 14.9. The first kappa shape index (κ1) is 18.6. The van der Waals surface area contributed by atoms with Crippen LogP contribution in [0.1, 0.15) is 42.6 Å². The molecule has 5 nitrogen and oxygen atoms in total. The molecule has 4 aromatic rings. The summed E-state index contributed by atoms with van der Waals surface area (Å²) in [5.41, 5.74) is 6.08. The predicted octanol–water partition coefficient (Wildman–Crippen LogP) is 5.26. The molecule has 6 heteroatoms. The summed E-state index contributed by atoms with van der Waals surface area (Å²) in [5, 5.41) is 4.82. The Morgan fingerprint density at radius 3 is 2.77 bits per heavy atom. The lowest BCUT2D eigenvalue weighted by atomic mass is 9.86. The van der Waals surface area contributed by atoms with Crippen LogP contribution in [-0.4, -0.2) is 26.9 Å². The number of aromatic nitrogens is 3. The number of carbonyl (C=O) groups is 1. The van der Waals surface area contributed by atoms with E-state index in [0.717, 1.165) is 24.6 Å². The largest absolute Gasteiger partial charge is 0.382 e. The number of nitrogens with zero attached hydrogens (tertiary/aromatic N) is 3. The molecule has 1 N–H and O–H groups in total. The summed E-state index contributed by atoms with van der Waals surface area (Å²) in [4.78, 5) is 16.0. The molecule has 2 aromatic carbocycles. The maximum absolute atomic E-state index is 14.8. The van der Waals surface area contributed by atoms with Gasteiger partial charge in [0.2, 0.25) is 0 Å². The monoisotopic (exact) mass is 416 g/mol. The maximum atomic E-state index is 14.8. The lowest BCUT2D eigenvalue weighted by molar-refractivity contribution is 0.112. The third-order valence-corrected chi connectivity index (χ3v) is 6.95. The quantitative estimate of drug-likeness (QED) is 0.462. The number of fused-ring (bicyclic) bond motifs is 4. The van der Waals surface area contributed by atoms with Crippen LogP contribution in [0, 0.1) is 11.7 Å². The second-order valence-corrected chi connectivity index (χ2v) is 9.73. The van der Waals surface area contributed by atoms with Gasteiger partial charge in [-0.15, -0.1) is 0 Å². The molecule has 0 amide bonds. The second-order valence-electron chi connectivity index (χ2n) is 9.73. The summed E-state index contributed by atoms with van der Waals surface area (Å²) >= 11 is 0. The molecule has 2 aliphatic rings. The minimum Gasteiger partial charge on any atom is -0.382 e. The Hall–Kier alpha value is -3.15. The number of anilines is 1. The fraction of sp³-hybridized carbons (Fsp3) is 0.360. The fourth-order valence-corrected chi connectivity index (χ4v) is 5.06. The summed E-state index contributed by atoms with van der Waals surface area (Å²) in [5.74, 6) is 0.975. The van der Waals surface area contributed by atoms with Crippen molar-refractivity contribution >= 4 is 33.9 Å². The molecule has 1 aliphatic heterocycles. The van der Waals surface area contributed by atoms with Gasteiger partial charge in [-0.1, -0.05) is 26.0 Å². The molecule has 3 heterocycles. The lowest BCUT2D eigenvalue weighted by Gasteiger charge is -2.17. The number of aryl methyl sites for hydroxylation is 1. The van der Waals surface area contributed by atoms with Crippen LogP contribution in [0.4, 0.5) is 10.1 Å². The Bertz CT molecular complexity index is 1390. The van der Waals surface area contributed by atoms with Crippen LogP contribution < -0.4 is 5.32 Å². The number of halogens is 1. The normalized spacial score (nSPS) is 17.3. The Balaban J connectivity index is 1.64. The Labute approximate surface area is 179 Å². The zero-order valence-electron chi connectivity index (χ0n) is 18.0. The number of imidazole rings is 1. The molecule has 0 radical (unpaired) electrons. The van der Waals surface area contributed by atoms with E-state index in [0.29, 0.717) is 28.8 Å². The highest BCUT2D eigenvalue weighted by molar-refractivity contribution is 5.99.